The Labute approximate surface area is 71.4 Å². The van der Waals surface area contributed by atoms with Crippen LogP contribution in [0.25, 0.3) is 0 Å². The zero-order valence-corrected chi connectivity index (χ0v) is 7.56. The van der Waals surface area contributed by atoms with Gasteiger partial charge < -0.3 is 10.5 Å². The molecule has 0 radical (unpaired) electrons. The van der Waals surface area contributed by atoms with Crippen LogP contribution in [0.4, 0.5) is 4.39 Å². The first-order valence-corrected chi connectivity index (χ1v) is 3.66. The van der Waals surface area contributed by atoms with Crippen LogP contribution in [0, 0.1) is 0 Å². The fourth-order valence-corrected chi connectivity index (χ4v) is 0.514. The molecule has 0 fully saturated rings. The number of halogens is 1. The molecule has 0 aliphatic heterocycles. The number of rotatable bonds is 2. The largest absolute Gasteiger partial charge is 0.455 e. The van der Waals surface area contributed by atoms with Gasteiger partial charge in [-0.25, -0.2) is 4.79 Å². The summed E-state index contributed by atoms with van der Waals surface area (Å²) in [6.45, 7) is 4.99. The van der Waals surface area contributed by atoms with Gasteiger partial charge in [-0.05, 0) is 26.8 Å². The molecular weight excluding hydrogens is 161 g/mol. The monoisotopic (exact) mass is 175 g/mol. The van der Waals surface area contributed by atoms with Crippen molar-refractivity contribution in [2.45, 2.75) is 26.4 Å². The molecule has 0 spiro atoms. The van der Waals surface area contributed by atoms with Crippen molar-refractivity contribution >= 4 is 5.97 Å². The molecule has 0 unspecified atom stereocenters. The van der Waals surface area contributed by atoms with Gasteiger partial charge in [0.1, 0.15) is 5.60 Å². The predicted octanol–water partition coefficient (Wildman–Crippen LogP) is 1.14. The fourth-order valence-electron chi connectivity index (χ4n) is 0.514. The van der Waals surface area contributed by atoms with E-state index in [-0.39, 0.29) is 6.54 Å². The summed E-state index contributed by atoms with van der Waals surface area (Å²) in [6, 6.07) is 0. The third-order valence-electron chi connectivity index (χ3n) is 0.891. The molecule has 12 heavy (non-hydrogen) atoms. The van der Waals surface area contributed by atoms with Gasteiger partial charge in [-0.3, -0.25) is 0 Å². The maximum absolute atomic E-state index is 12.6. The van der Waals surface area contributed by atoms with Crippen LogP contribution in [0.15, 0.2) is 11.9 Å². The summed E-state index contributed by atoms with van der Waals surface area (Å²) in [5.41, 5.74) is 4.34. The van der Waals surface area contributed by atoms with Crippen molar-refractivity contribution in [1.29, 1.82) is 0 Å². The molecule has 3 nitrogen and oxygen atoms in total. The van der Waals surface area contributed by atoms with E-state index in [1.807, 2.05) is 0 Å². The van der Waals surface area contributed by atoms with Crippen LogP contribution in [0.2, 0.25) is 0 Å². The lowest BCUT2D eigenvalue weighted by Gasteiger charge is -2.18. The van der Waals surface area contributed by atoms with Crippen molar-refractivity contribution in [3.63, 3.8) is 0 Å². The van der Waals surface area contributed by atoms with Crippen LogP contribution >= 0.6 is 0 Å². The van der Waals surface area contributed by atoms with Gasteiger partial charge in [0.15, 0.2) is 0 Å². The number of carbonyl (C=O) groups is 1. The molecule has 0 rings (SSSR count). The van der Waals surface area contributed by atoms with Crippen molar-refractivity contribution in [2.24, 2.45) is 5.73 Å². The van der Waals surface area contributed by atoms with E-state index in [1.165, 1.54) is 0 Å². The molecule has 0 aromatic rings. The zero-order chi connectivity index (χ0) is 9.78. The standard InChI is InChI=1S/C8H14FNO2/c1-8(2,3)12-7(11)6(9)4-5-10/h4H,5,10H2,1-3H3/b6-4-. The maximum Gasteiger partial charge on any atom is 0.367 e. The SMILES string of the molecule is CC(C)(C)OC(=O)/C(F)=C/CN. The minimum atomic E-state index is -0.965. The molecule has 0 atom stereocenters. The molecule has 0 saturated heterocycles. The number of carbonyl (C=O) groups excluding carboxylic acids is 1. The molecule has 2 N–H and O–H groups in total. The Balaban J connectivity index is 4.15. The molecule has 70 valence electrons. The molecule has 4 heteroatoms. The number of ether oxygens (including phenoxy) is 1. The van der Waals surface area contributed by atoms with Crippen molar-refractivity contribution in [2.75, 3.05) is 6.54 Å². The van der Waals surface area contributed by atoms with Gasteiger partial charge in [0, 0.05) is 6.54 Å². The molecule has 0 amide bonds. The van der Waals surface area contributed by atoms with E-state index in [1.54, 1.807) is 20.8 Å². The van der Waals surface area contributed by atoms with Gasteiger partial charge >= 0.3 is 5.97 Å². The van der Waals surface area contributed by atoms with Gasteiger partial charge in [-0.15, -0.1) is 0 Å². The summed E-state index contributed by atoms with van der Waals surface area (Å²) in [6.07, 6.45) is 0.980. The Hall–Kier alpha value is -0.900. The maximum atomic E-state index is 12.6. The van der Waals surface area contributed by atoms with E-state index in [4.69, 9.17) is 10.5 Å². The number of hydrogen-bond acceptors (Lipinski definition) is 3. The molecule has 0 saturated carbocycles. The highest BCUT2D eigenvalue weighted by Gasteiger charge is 2.19. The second kappa shape index (κ2) is 4.21. The van der Waals surface area contributed by atoms with Crippen LogP contribution in [-0.2, 0) is 9.53 Å². The molecule has 0 heterocycles. The third-order valence-corrected chi connectivity index (χ3v) is 0.891. The highest BCUT2D eigenvalue weighted by molar-refractivity contribution is 5.86. The van der Waals surface area contributed by atoms with Crippen LogP contribution in [0.3, 0.4) is 0 Å². The second-order valence-corrected chi connectivity index (χ2v) is 3.29. The van der Waals surface area contributed by atoms with Gasteiger partial charge in [0.2, 0.25) is 5.83 Å². The molecule has 0 aromatic carbocycles. The summed E-state index contributed by atoms with van der Waals surface area (Å²) in [4.78, 5) is 10.8. The van der Waals surface area contributed by atoms with E-state index in [0.717, 1.165) is 6.08 Å². The van der Waals surface area contributed by atoms with Crippen LogP contribution in [0.5, 0.6) is 0 Å². The van der Waals surface area contributed by atoms with Crippen molar-refractivity contribution in [3.8, 4) is 0 Å². The Bertz CT molecular complexity index is 194. The number of hydrogen-bond donors (Lipinski definition) is 1. The second-order valence-electron chi connectivity index (χ2n) is 3.29. The smallest absolute Gasteiger partial charge is 0.367 e. The van der Waals surface area contributed by atoms with Crippen LogP contribution in [0.1, 0.15) is 20.8 Å². The molecule has 0 bridgehead atoms. The van der Waals surface area contributed by atoms with Crippen molar-refractivity contribution < 1.29 is 13.9 Å². The first-order chi connectivity index (χ1) is 5.37. The Morgan fingerprint density at radius 1 is 1.58 bits per heavy atom. The number of esters is 1. The minimum Gasteiger partial charge on any atom is -0.455 e. The molecule has 0 aliphatic carbocycles. The first-order valence-electron chi connectivity index (χ1n) is 3.66. The van der Waals surface area contributed by atoms with Crippen LogP contribution < -0.4 is 5.73 Å². The highest BCUT2D eigenvalue weighted by Crippen LogP contribution is 2.10. The quantitative estimate of drug-likeness (QED) is 0.505. The summed E-state index contributed by atoms with van der Waals surface area (Å²) in [7, 11) is 0. The average molecular weight is 175 g/mol. The molecular formula is C8H14FNO2. The predicted molar refractivity (Wildman–Crippen MR) is 44.1 cm³/mol. The van der Waals surface area contributed by atoms with E-state index in [2.05, 4.69) is 0 Å². The summed E-state index contributed by atoms with van der Waals surface area (Å²) in [5, 5.41) is 0. The van der Waals surface area contributed by atoms with Gasteiger partial charge in [0.25, 0.3) is 0 Å². The lowest BCUT2D eigenvalue weighted by Crippen LogP contribution is -2.24. The van der Waals surface area contributed by atoms with Crippen molar-refractivity contribution in [3.05, 3.63) is 11.9 Å². The summed E-state index contributed by atoms with van der Waals surface area (Å²) >= 11 is 0. The highest BCUT2D eigenvalue weighted by atomic mass is 19.1. The third kappa shape index (κ3) is 4.85. The summed E-state index contributed by atoms with van der Waals surface area (Å²) in [5.74, 6) is -1.90. The van der Waals surface area contributed by atoms with Crippen LogP contribution in [-0.4, -0.2) is 18.1 Å². The van der Waals surface area contributed by atoms with E-state index in [0.29, 0.717) is 0 Å². The lowest BCUT2D eigenvalue weighted by atomic mass is 10.2. The van der Waals surface area contributed by atoms with E-state index in [9.17, 15) is 9.18 Å². The first kappa shape index (κ1) is 11.1. The van der Waals surface area contributed by atoms with E-state index >= 15 is 0 Å². The average Bonchev–Trinajstić information content (AvgIpc) is 1.84. The Morgan fingerprint density at radius 2 is 2.08 bits per heavy atom. The molecule has 0 aliphatic rings. The van der Waals surface area contributed by atoms with Gasteiger partial charge in [-0.1, -0.05) is 0 Å². The minimum absolute atomic E-state index is 0.00885. The van der Waals surface area contributed by atoms with Crippen molar-refractivity contribution in [1.82, 2.24) is 0 Å². The van der Waals surface area contributed by atoms with E-state index < -0.39 is 17.4 Å². The zero-order valence-electron chi connectivity index (χ0n) is 7.56. The lowest BCUT2D eigenvalue weighted by molar-refractivity contribution is -0.151. The normalized spacial score (nSPS) is 12.9. The Morgan fingerprint density at radius 3 is 2.42 bits per heavy atom. The van der Waals surface area contributed by atoms with Gasteiger partial charge in [0.05, 0.1) is 0 Å². The molecule has 0 aromatic heterocycles. The Kier molecular flexibility index (Phi) is 3.89. The number of nitrogens with two attached hydrogens (primary N) is 1. The van der Waals surface area contributed by atoms with Gasteiger partial charge in [-0.2, -0.15) is 4.39 Å². The summed E-state index contributed by atoms with van der Waals surface area (Å²) < 4.78 is 17.3. The topological polar surface area (TPSA) is 52.3 Å². The fraction of sp³-hybridized carbons (Fsp3) is 0.625.